The van der Waals surface area contributed by atoms with Gasteiger partial charge in [0.05, 0.1) is 15.3 Å². The Bertz CT molecular complexity index is 718. The van der Waals surface area contributed by atoms with E-state index in [-0.39, 0.29) is 18.6 Å². The van der Waals surface area contributed by atoms with Crippen LogP contribution in [0.2, 0.25) is 0 Å². The fraction of sp³-hybridized carbons (Fsp3) is 0.588. The molecule has 2 saturated carbocycles. The molecule has 2 N–H and O–H groups in total. The number of aromatic nitrogens is 2. The quantitative estimate of drug-likeness (QED) is 0.903. The van der Waals surface area contributed by atoms with Gasteiger partial charge in [-0.05, 0) is 50.5 Å². The molecule has 2 aliphatic carbocycles. The van der Waals surface area contributed by atoms with Gasteiger partial charge in [0, 0.05) is 24.8 Å². The molecule has 4 rings (SSSR count). The topological polar surface area (TPSA) is 75.1 Å². The Hall–Kier alpha value is -1.53. The summed E-state index contributed by atoms with van der Waals surface area (Å²) in [6.45, 7) is 0.260. The minimum absolute atomic E-state index is 0.0479. The third kappa shape index (κ3) is 3.23. The smallest absolute Gasteiger partial charge is 0.253 e. The molecule has 2 aromatic heterocycles. The molecular weight excluding hydrogens is 310 g/mol. The van der Waals surface area contributed by atoms with Crippen LogP contribution in [0.25, 0.3) is 10.3 Å². The maximum Gasteiger partial charge on any atom is 0.253 e. The zero-order chi connectivity index (χ0) is 15.8. The molecule has 1 amide bonds. The highest BCUT2D eigenvalue weighted by Gasteiger charge is 2.27. The van der Waals surface area contributed by atoms with Gasteiger partial charge < -0.3 is 10.4 Å². The van der Waals surface area contributed by atoms with Crippen LogP contribution in [0.3, 0.4) is 0 Å². The zero-order valence-electron chi connectivity index (χ0n) is 13.0. The van der Waals surface area contributed by atoms with E-state index in [1.54, 1.807) is 17.5 Å². The molecule has 5 nitrogen and oxygen atoms in total. The van der Waals surface area contributed by atoms with E-state index >= 15 is 0 Å². The monoisotopic (exact) mass is 331 g/mol. The Labute approximate surface area is 139 Å². The summed E-state index contributed by atoms with van der Waals surface area (Å²) >= 11 is 1.67. The summed E-state index contributed by atoms with van der Waals surface area (Å²) in [5.41, 5.74) is 1.38. The van der Waals surface area contributed by atoms with Gasteiger partial charge in [-0.15, -0.1) is 11.3 Å². The first-order valence-electron chi connectivity index (χ1n) is 8.41. The van der Waals surface area contributed by atoms with Crippen molar-refractivity contribution in [3.63, 3.8) is 0 Å². The lowest BCUT2D eigenvalue weighted by molar-refractivity contribution is 0.0914. The lowest BCUT2D eigenvalue weighted by Crippen LogP contribution is -2.38. The normalized spacial score (nSPS) is 24.7. The Morgan fingerprint density at radius 3 is 2.74 bits per heavy atom. The number of thiazole rings is 1. The van der Waals surface area contributed by atoms with Crippen molar-refractivity contribution in [2.75, 3.05) is 6.61 Å². The van der Waals surface area contributed by atoms with Gasteiger partial charge in [0.15, 0.2) is 5.65 Å². The second-order valence-electron chi connectivity index (χ2n) is 6.75. The number of amides is 1. The molecule has 0 aromatic carbocycles. The predicted molar refractivity (Wildman–Crippen MR) is 89.7 cm³/mol. The van der Waals surface area contributed by atoms with Crippen LogP contribution < -0.4 is 5.32 Å². The average Bonchev–Trinajstić information content (AvgIpc) is 3.34. The first-order chi connectivity index (χ1) is 11.2. The van der Waals surface area contributed by atoms with E-state index < -0.39 is 0 Å². The molecule has 0 atom stereocenters. The molecule has 6 heteroatoms. The fourth-order valence-corrected chi connectivity index (χ4v) is 4.36. The summed E-state index contributed by atoms with van der Waals surface area (Å²) in [5.74, 6) is 0.973. The van der Waals surface area contributed by atoms with Crippen molar-refractivity contribution in [1.29, 1.82) is 0 Å². The zero-order valence-corrected chi connectivity index (χ0v) is 13.8. The van der Waals surface area contributed by atoms with Crippen LogP contribution in [0.1, 0.15) is 59.8 Å². The van der Waals surface area contributed by atoms with Gasteiger partial charge >= 0.3 is 0 Å². The van der Waals surface area contributed by atoms with Crippen molar-refractivity contribution in [2.45, 2.75) is 50.5 Å². The van der Waals surface area contributed by atoms with Gasteiger partial charge in [-0.3, -0.25) is 4.79 Å². The number of carbonyl (C=O) groups is 1. The molecule has 23 heavy (non-hydrogen) atoms. The highest BCUT2D eigenvalue weighted by molar-refractivity contribution is 7.18. The number of aliphatic hydroxyl groups excluding tert-OH is 1. The SMILES string of the molecule is O=C(NC1CCC(CO)CC1)c1cnc2nc(C3CC3)sc2c1. The number of aliphatic hydroxyl groups is 1. The Kier molecular flexibility index (Phi) is 4.03. The number of hydrogen-bond acceptors (Lipinski definition) is 5. The molecule has 2 aliphatic rings. The minimum Gasteiger partial charge on any atom is -0.396 e. The molecule has 0 unspecified atom stereocenters. The van der Waals surface area contributed by atoms with Crippen molar-refractivity contribution < 1.29 is 9.90 Å². The number of carbonyl (C=O) groups excluding carboxylic acids is 1. The van der Waals surface area contributed by atoms with E-state index in [1.165, 1.54) is 12.8 Å². The first-order valence-corrected chi connectivity index (χ1v) is 9.23. The Morgan fingerprint density at radius 1 is 1.26 bits per heavy atom. The van der Waals surface area contributed by atoms with Gasteiger partial charge in [-0.1, -0.05) is 0 Å². The van der Waals surface area contributed by atoms with E-state index in [9.17, 15) is 9.90 Å². The molecule has 2 heterocycles. The lowest BCUT2D eigenvalue weighted by Gasteiger charge is -2.27. The molecule has 0 radical (unpaired) electrons. The van der Waals surface area contributed by atoms with E-state index in [1.807, 2.05) is 6.07 Å². The third-order valence-electron chi connectivity index (χ3n) is 4.89. The van der Waals surface area contributed by atoms with E-state index in [2.05, 4.69) is 15.3 Å². The van der Waals surface area contributed by atoms with Crippen molar-refractivity contribution in [3.05, 3.63) is 22.8 Å². The fourth-order valence-electron chi connectivity index (χ4n) is 3.22. The molecule has 0 aliphatic heterocycles. The largest absolute Gasteiger partial charge is 0.396 e. The second-order valence-corrected chi connectivity index (χ2v) is 7.81. The first kappa shape index (κ1) is 15.0. The molecular formula is C17H21N3O2S. The maximum absolute atomic E-state index is 12.4. The lowest BCUT2D eigenvalue weighted by atomic mass is 9.86. The number of pyridine rings is 1. The standard InChI is InChI=1S/C17H21N3O2S/c21-9-10-1-5-13(6-2-10)19-16(22)12-7-14-15(18-8-12)20-17(23-14)11-3-4-11/h7-8,10-11,13,21H,1-6,9H2,(H,19,22). The number of nitrogens with one attached hydrogen (secondary N) is 1. The van der Waals surface area contributed by atoms with Gasteiger partial charge in [0.25, 0.3) is 5.91 Å². The Balaban J connectivity index is 1.44. The molecule has 2 fully saturated rings. The van der Waals surface area contributed by atoms with E-state index in [4.69, 9.17) is 0 Å². The molecule has 122 valence electrons. The maximum atomic E-state index is 12.4. The van der Waals surface area contributed by atoms with Crippen LogP contribution in [0.4, 0.5) is 0 Å². The highest BCUT2D eigenvalue weighted by atomic mass is 32.1. The number of nitrogens with zero attached hydrogens (tertiary/aromatic N) is 2. The van der Waals surface area contributed by atoms with Crippen molar-refractivity contribution >= 4 is 27.6 Å². The summed E-state index contributed by atoms with van der Waals surface area (Å²) in [5, 5.41) is 13.5. The number of rotatable bonds is 4. The average molecular weight is 331 g/mol. The Morgan fingerprint density at radius 2 is 2.04 bits per heavy atom. The highest BCUT2D eigenvalue weighted by Crippen LogP contribution is 2.43. The van der Waals surface area contributed by atoms with Crippen LogP contribution >= 0.6 is 11.3 Å². The molecule has 2 aromatic rings. The predicted octanol–water partition coefficient (Wildman–Crippen LogP) is 2.85. The molecule has 0 saturated heterocycles. The minimum atomic E-state index is -0.0479. The van der Waals surface area contributed by atoms with Gasteiger partial charge in [0.2, 0.25) is 0 Å². The van der Waals surface area contributed by atoms with Gasteiger partial charge in [-0.25, -0.2) is 9.97 Å². The number of hydrogen-bond donors (Lipinski definition) is 2. The number of fused-ring (bicyclic) bond motifs is 1. The van der Waals surface area contributed by atoms with Crippen molar-refractivity contribution in [1.82, 2.24) is 15.3 Å². The van der Waals surface area contributed by atoms with E-state index in [0.29, 0.717) is 17.4 Å². The van der Waals surface area contributed by atoms with Crippen LogP contribution in [-0.2, 0) is 0 Å². The summed E-state index contributed by atoms with van der Waals surface area (Å²) < 4.78 is 1.00. The summed E-state index contributed by atoms with van der Waals surface area (Å²) in [6, 6.07) is 2.13. The van der Waals surface area contributed by atoms with Gasteiger partial charge in [-0.2, -0.15) is 0 Å². The third-order valence-corrected chi connectivity index (χ3v) is 6.05. The van der Waals surface area contributed by atoms with Crippen LogP contribution in [-0.4, -0.2) is 33.6 Å². The van der Waals surface area contributed by atoms with Crippen LogP contribution in [0.5, 0.6) is 0 Å². The summed E-state index contributed by atoms with van der Waals surface area (Å²) in [7, 11) is 0. The van der Waals surface area contributed by atoms with Gasteiger partial charge in [0.1, 0.15) is 0 Å². The summed E-state index contributed by atoms with van der Waals surface area (Å²) in [4.78, 5) is 21.4. The van der Waals surface area contributed by atoms with Crippen LogP contribution in [0, 0.1) is 5.92 Å². The van der Waals surface area contributed by atoms with Crippen molar-refractivity contribution in [2.24, 2.45) is 5.92 Å². The second kappa shape index (κ2) is 6.17. The summed E-state index contributed by atoms with van der Waals surface area (Å²) in [6.07, 6.45) is 7.94. The van der Waals surface area contributed by atoms with Crippen LogP contribution in [0.15, 0.2) is 12.3 Å². The van der Waals surface area contributed by atoms with Crippen molar-refractivity contribution in [3.8, 4) is 0 Å². The van der Waals surface area contributed by atoms with E-state index in [0.717, 1.165) is 41.0 Å². The molecule has 0 bridgehead atoms. The molecule has 0 spiro atoms.